The van der Waals surface area contributed by atoms with E-state index in [1.807, 2.05) is 18.4 Å². The first kappa shape index (κ1) is 14.5. The van der Waals surface area contributed by atoms with Gasteiger partial charge in [0.1, 0.15) is 0 Å². The zero-order chi connectivity index (χ0) is 14.9. The largest absolute Gasteiger partial charge is 0.320 e. The monoisotopic (exact) mass is 292 g/mol. The van der Waals surface area contributed by atoms with Crippen molar-refractivity contribution < 1.29 is 13.2 Å². The van der Waals surface area contributed by atoms with Crippen molar-refractivity contribution in [2.45, 2.75) is 25.2 Å². The van der Waals surface area contributed by atoms with Gasteiger partial charge in [0.25, 0.3) is 0 Å². The van der Waals surface area contributed by atoms with Gasteiger partial charge in [0.2, 0.25) is 10.0 Å². The van der Waals surface area contributed by atoms with Gasteiger partial charge in [-0.05, 0) is 37.3 Å². The summed E-state index contributed by atoms with van der Waals surface area (Å²) >= 11 is 0. The number of rotatable bonds is 4. The summed E-state index contributed by atoms with van der Waals surface area (Å²) in [6.07, 6.45) is 2.25. The third kappa shape index (κ3) is 2.66. The van der Waals surface area contributed by atoms with Gasteiger partial charge in [0.05, 0.1) is 4.90 Å². The first-order chi connectivity index (χ1) is 9.34. The number of hydrogen-bond acceptors (Lipinski definition) is 3. The van der Waals surface area contributed by atoms with E-state index in [1.54, 1.807) is 24.4 Å². The molecule has 0 saturated heterocycles. The van der Waals surface area contributed by atoms with Crippen molar-refractivity contribution in [2.24, 2.45) is 5.14 Å². The molecule has 2 aromatic rings. The van der Waals surface area contributed by atoms with Crippen LogP contribution < -0.4 is 5.14 Å². The summed E-state index contributed by atoms with van der Waals surface area (Å²) < 4.78 is 24.3. The molecule has 1 aromatic carbocycles. The first-order valence-electron chi connectivity index (χ1n) is 6.19. The van der Waals surface area contributed by atoms with E-state index in [2.05, 4.69) is 0 Å². The zero-order valence-electron chi connectivity index (χ0n) is 11.3. The normalized spacial score (nSPS) is 11.6. The fourth-order valence-corrected chi connectivity index (χ4v) is 2.59. The number of nitrogens with zero attached hydrogens (tertiary/aromatic N) is 1. The molecule has 0 aliphatic heterocycles. The Morgan fingerprint density at radius 2 is 1.80 bits per heavy atom. The number of ketones is 1. The molecule has 0 saturated carbocycles. The van der Waals surface area contributed by atoms with Crippen molar-refractivity contribution in [1.82, 2.24) is 4.57 Å². The summed E-state index contributed by atoms with van der Waals surface area (Å²) in [7, 11) is -3.69. The summed E-state index contributed by atoms with van der Waals surface area (Å²) in [6, 6.07) is 7.99. The molecule has 0 unspecified atom stereocenters. The molecule has 106 valence electrons. The van der Waals surface area contributed by atoms with Crippen molar-refractivity contribution in [3.05, 3.63) is 47.8 Å². The first-order valence-corrected chi connectivity index (χ1v) is 7.73. The van der Waals surface area contributed by atoms with Crippen LogP contribution in [0.3, 0.4) is 0 Å². The smallest absolute Gasteiger partial charge is 0.238 e. The lowest BCUT2D eigenvalue weighted by Gasteiger charge is -2.08. The molecule has 1 aromatic heterocycles. The Kier molecular flexibility index (Phi) is 3.78. The molecule has 0 amide bonds. The van der Waals surface area contributed by atoms with Gasteiger partial charge in [-0.3, -0.25) is 4.79 Å². The average Bonchev–Trinajstić information content (AvgIpc) is 2.79. The molecule has 0 fully saturated rings. The predicted molar refractivity (Wildman–Crippen MR) is 76.5 cm³/mol. The molecule has 0 aliphatic carbocycles. The molecule has 1 heterocycles. The summed E-state index contributed by atoms with van der Waals surface area (Å²) in [5.41, 5.74) is 2.30. The Balaban J connectivity index is 2.43. The number of benzene rings is 1. The second-order valence-electron chi connectivity index (χ2n) is 4.50. The SMILES string of the molecule is CCC(=O)c1ccn(-c2ccc(S(N)(=O)=O)cc2)c1C. The fraction of sp³-hybridized carbons (Fsp3) is 0.214. The van der Waals surface area contributed by atoms with Gasteiger partial charge in [-0.1, -0.05) is 6.92 Å². The molecule has 6 heteroatoms. The number of sulfonamides is 1. The van der Waals surface area contributed by atoms with Crippen LogP contribution in [0.5, 0.6) is 0 Å². The highest BCUT2D eigenvalue weighted by atomic mass is 32.2. The van der Waals surface area contributed by atoms with E-state index in [4.69, 9.17) is 5.14 Å². The summed E-state index contributed by atoms with van der Waals surface area (Å²) in [6.45, 7) is 3.68. The number of Topliss-reactive ketones (excluding diaryl/α,β-unsaturated/α-hetero) is 1. The number of hydrogen-bond donors (Lipinski definition) is 1. The summed E-state index contributed by atoms with van der Waals surface area (Å²) in [4.78, 5) is 11.8. The van der Waals surface area contributed by atoms with E-state index in [0.717, 1.165) is 11.4 Å². The van der Waals surface area contributed by atoms with E-state index < -0.39 is 10.0 Å². The molecule has 0 aliphatic rings. The molecular formula is C14H16N2O3S. The van der Waals surface area contributed by atoms with Crippen molar-refractivity contribution >= 4 is 15.8 Å². The van der Waals surface area contributed by atoms with Crippen LogP contribution >= 0.6 is 0 Å². The second-order valence-corrected chi connectivity index (χ2v) is 6.06. The predicted octanol–water partition coefficient (Wildman–Crippen LogP) is 2.03. The highest BCUT2D eigenvalue weighted by Crippen LogP contribution is 2.19. The van der Waals surface area contributed by atoms with Crippen molar-refractivity contribution in [2.75, 3.05) is 0 Å². The van der Waals surface area contributed by atoms with Gasteiger partial charge < -0.3 is 4.57 Å². The summed E-state index contributed by atoms with van der Waals surface area (Å²) in [5, 5.41) is 5.06. The molecule has 5 nitrogen and oxygen atoms in total. The third-order valence-electron chi connectivity index (χ3n) is 3.21. The van der Waals surface area contributed by atoms with Gasteiger partial charge in [-0.15, -0.1) is 0 Å². The Morgan fingerprint density at radius 1 is 1.20 bits per heavy atom. The molecule has 0 radical (unpaired) electrons. The van der Waals surface area contributed by atoms with Crippen LogP contribution in [0.25, 0.3) is 5.69 Å². The summed E-state index contributed by atoms with van der Waals surface area (Å²) in [5.74, 6) is 0.0856. The maximum absolute atomic E-state index is 11.8. The van der Waals surface area contributed by atoms with Crippen LogP contribution in [0.1, 0.15) is 29.4 Å². The minimum atomic E-state index is -3.69. The van der Waals surface area contributed by atoms with Crippen LogP contribution in [0, 0.1) is 6.92 Å². The number of nitrogens with two attached hydrogens (primary N) is 1. The molecule has 20 heavy (non-hydrogen) atoms. The van der Waals surface area contributed by atoms with E-state index in [1.165, 1.54) is 12.1 Å². The topological polar surface area (TPSA) is 82.2 Å². The molecule has 2 rings (SSSR count). The Bertz CT molecular complexity index is 743. The molecular weight excluding hydrogens is 276 g/mol. The lowest BCUT2D eigenvalue weighted by Crippen LogP contribution is -2.12. The van der Waals surface area contributed by atoms with E-state index in [0.29, 0.717) is 12.0 Å². The maximum Gasteiger partial charge on any atom is 0.238 e. The number of aromatic nitrogens is 1. The lowest BCUT2D eigenvalue weighted by atomic mass is 10.1. The van der Waals surface area contributed by atoms with Crippen molar-refractivity contribution in [1.29, 1.82) is 0 Å². The number of primary sulfonamides is 1. The van der Waals surface area contributed by atoms with Gasteiger partial charge in [-0.25, -0.2) is 13.6 Å². The van der Waals surface area contributed by atoms with Gasteiger partial charge in [0.15, 0.2) is 5.78 Å². The zero-order valence-corrected chi connectivity index (χ0v) is 12.1. The van der Waals surface area contributed by atoms with Crippen LogP contribution in [-0.4, -0.2) is 18.8 Å². The van der Waals surface area contributed by atoms with Crippen molar-refractivity contribution in [3.8, 4) is 5.69 Å². The highest BCUT2D eigenvalue weighted by molar-refractivity contribution is 7.89. The van der Waals surface area contributed by atoms with E-state index >= 15 is 0 Å². The molecule has 2 N–H and O–H groups in total. The van der Waals surface area contributed by atoms with E-state index in [-0.39, 0.29) is 10.7 Å². The average molecular weight is 292 g/mol. The number of carbonyl (C=O) groups excluding carboxylic acids is 1. The van der Waals surface area contributed by atoms with Gasteiger partial charge in [-0.2, -0.15) is 0 Å². The Hall–Kier alpha value is -1.92. The quantitative estimate of drug-likeness (QED) is 0.875. The maximum atomic E-state index is 11.8. The molecule has 0 spiro atoms. The van der Waals surface area contributed by atoms with Crippen molar-refractivity contribution in [3.63, 3.8) is 0 Å². The van der Waals surface area contributed by atoms with Crippen LogP contribution in [0.2, 0.25) is 0 Å². The van der Waals surface area contributed by atoms with Gasteiger partial charge >= 0.3 is 0 Å². The van der Waals surface area contributed by atoms with Crippen LogP contribution in [0.4, 0.5) is 0 Å². The number of carbonyl (C=O) groups is 1. The van der Waals surface area contributed by atoms with Crippen LogP contribution in [0.15, 0.2) is 41.4 Å². The highest BCUT2D eigenvalue weighted by Gasteiger charge is 2.13. The minimum absolute atomic E-state index is 0.0657. The standard InChI is InChI=1S/C14H16N2O3S/c1-3-14(17)13-8-9-16(10(13)2)11-4-6-12(7-5-11)20(15,18)19/h4-9H,3H2,1-2H3,(H2,15,18,19). The minimum Gasteiger partial charge on any atom is -0.320 e. The Labute approximate surface area is 118 Å². The Morgan fingerprint density at radius 3 is 2.30 bits per heavy atom. The fourth-order valence-electron chi connectivity index (χ4n) is 2.07. The van der Waals surface area contributed by atoms with Crippen LogP contribution in [-0.2, 0) is 10.0 Å². The third-order valence-corrected chi connectivity index (χ3v) is 4.14. The molecule has 0 bridgehead atoms. The lowest BCUT2D eigenvalue weighted by molar-refractivity contribution is 0.0987. The van der Waals surface area contributed by atoms with E-state index in [9.17, 15) is 13.2 Å². The second kappa shape index (κ2) is 5.22. The van der Waals surface area contributed by atoms with Gasteiger partial charge in [0, 0.05) is 29.6 Å². The molecule has 0 atom stereocenters.